The summed E-state index contributed by atoms with van der Waals surface area (Å²) in [6, 6.07) is 15.5. The van der Waals surface area contributed by atoms with Gasteiger partial charge in [0.2, 0.25) is 0 Å². The quantitative estimate of drug-likeness (QED) is 0.453. The Kier molecular flexibility index (Phi) is 7.03. The van der Waals surface area contributed by atoms with Crippen molar-refractivity contribution in [2.24, 2.45) is 0 Å². The first-order valence-electron chi connectivity index (χ1n) is 9.33. The third-order valence-electron chi connectivity index (χ3n) is 4.36. The Bertz CT molecular complexity index is 1010. The number of imidazole rings is 1. The number of fused-ring (bicyclic) bond motifs is 1. The molecule has 1 N–H and O–H groups in total. The maximum Gasteiger partial charge on any atom is 0.331 e. The molecule has 0 aliphatic rings. The molecule has 0 saturated carbocycles. The molecule has 0 spiro atoms. The van der Waals surface area contributed by atoms with Crippen LogP contribution in [0.5, 0.6) is 0 Å². The minimum Gasteiger partial charge on any atom is -0.452 e. The third-order valence-corrected chi connectivity index (χ3v) is 4.64. The summed E-state index contributed by atoms with van der Waals surface area (Å²) in [6.45, 7) is 1.59. The number of carbonyl (C=O) groups excluding carboxylic acids is 2. The van der Waals surface area contributed by atoms with Crippen molar-refractivity contribution < 1.29 is 14.3 Å². The molecular weight excluding hydrogens is 390 g/mol. The molecule has 2 heterocycles. The highest BCUT2D eigenvalue weighted by Gasteiger charge is 2.11. The zero-order chi connectivity index (χ0) is 20.6. The molecule has 7 heteroatoms. The highest BCUT2D eigenvalue weighted by molar-refractivity contribution is 6.31. The summed E-state index contributed by atoms with van der Waals surface area (Å²) in [5, 5.41) is 3.12. The van der Waals surface area contributed by atoms with Crippen LogP contribution in [-0.4, -0.2) is 33.9 Å². The van der Waals surface area contributed by atoms with E-state index in [0.29, 0.717) is 11.3 Å². The van der Waals surface area contributed by atoms with Crippen molar-refractivity contribution in [2.45, 2.75) is 25.8 Å². The Morgan fingerprint density at radius 3 is 2.76 bits per heavy atom. The van der Waals surface area contributed by atoms with Gasteiger partial charge in [-0.2, -0.15) is 0 Å². The van der Waals surface area contributed by atoms with Crippen LogP contribution in [0.25, 0.3) is 11.7 Å². The number of carbonyl (C=O) groups is 2. The van der Waals surface area contributed by atoms with Gasteiger partial charge in [-0.25, -0.2) is 9.78 Å². The van der Waals surface area contributed by atoms with Crippen LogP contribution in [0.15, 0.2) is 60.8 Å². The highest BCUT2D eigenvalue weighted by atomic mass is 35.5. The van der Waals surface area contributed by atoms with Crippen LogP contribution in [-0.2, 0) is 20.7 Å². The fraction of sp³-hybridized carbons (Fsp3) is 0.227. The molecule has 1 atom stereocenters. The van der Waals surface area contributed by atoms with Crippen molar-refractivity contribution in [1.82, 2.24) is 14.7 Å². The molecule has 0 aliphatic heterocycles. The molecule has 0 bridgehead atoms. The molecule has 0 saturated heterocycles. The van der Waals surface area contributed by atoms with Crippen LogP contribution in [0.4, 0.5) is 0 Å². The van der Waals surface area contributed by atoms with Crippen molar-refractivity contribution in [3.05, 3.63) is 77.2 Å². The molecule has 6 nitrogen and oxygen atoms in total. The third kappa shape index (κ3) is 5.93. The predicted octanol–water partition coefficient (Wildman–Crippen LogP) is 3.68. The van der Waals surface area contributed by atoms with Gasteiger partial charge in [-0.05, 0) is 43.5 Å². The van der Waals surface area contributed by atoms with E-state index in [0.717, 1.165) is 12.8 Å². The van der Waals surface area contributed by atoms with Crippen molar-refractivity contribution in [2.75, 3.05) is 6.61 Å². The fourth-order valence-electron chi connectivity index (χ4n) is 2.88. The second-order valence-corrected chi connectivity index (χ2v) is 7.01. The van der Waals surface area contributed by atoms with E-state index >= 15 is 0 Å². The highest BCUT2D eigenvalue weighted by Crippen LogP contribution is 2.18. The number of nitrogens with one attached hydrogen (secondary N) is 1. The van der Waals surface area contributed by atoms with Gasteiger partial charge in [-0.3, -0.25) is 9.20 Å². The number of hydrogen-bond acceptors (Lipinski definition) is 4. The van der Waals surface area contributed by atoms with Crippen LogP contribution in [0.2, 0.25) is 5.15 Å². The smallest absolute Gasteiger partial charge is 0.331 e. The lowest BCUT2D eigenvalue weighted by Gasteiger charge is -2.13. The molecule has 0 fully saturated rings. The van der Waals surface area contributed by atoms with Gasteiger partial charge < -0.3 is 10.1 Å². The zero-order valence-corrected chi connectivity index (χ0v) is 16.8. The van der Waals surface area contributed by atoms with E-state index in [9.17, 15) is 9.59 Å². The number of benzene rings is 1. The molecule has 2 aromatic heterocycles. The van der Waals surface area contributed by atoms with Crippen molar-refractivity contribution in [3.63, 3.8) is 0 Å². The van der Waals surface area contributed by atoms with E-state index in [1.165, 1.54) is 17.7 Å². The molecule has 0 aliphatic carbocycles. The molecule has 3 aromatic rings. The molecule has 29 heavy (non-hydrogen) atoms. The summed E-state index contributed by atoms with van der Waals surface area (Å²) < 4.78 is 6.76. The number of nitrogens with zero attached hydrogens (tertiary/aromatic N) is 2. The van der Waals surface area contributed by atoms with Crippen molar-refractivity contribution in [3.8, 4) is 0 Å². The van der Waals surface area contributed by atoms with Gasteiger partial charge in [0.1, 0.15) is 5.65 Å². The topological polar surface area (TPSA) is 72.7 Å². The number of ether oxygens (including phenoxy) is 1. The largest absolute Gasteiger partial charge is 0.452 e. The summed E-state index contributed by atoms with van der Waals surface area (Å²) in [6.07, 6.45) is 6.21. The van der Waals surface area contributed by atoms with E-state index in [1.807, 2.05) is 43.3 Å². The number of pyridine rings is 1. The monoisotopic (exact) mass is 411 g/mol. The number of halogens is 1. The molecule has 0 unspecified atom stereocenters. The minimum absolute atomic E-state index is 0.0195. The Morgan fingerprint density at radius 2 is 1.97 bits per heavy atom. The van der Waals surface area contributed by atoms with Gasteiger partial charge in [-0.15, -0.1) is 0 Å². The summed E-state index contributed by atoms with van der Waals surface area (Å²) >= 11 is 6.11. The first-order valence-corrected chi connectivity index (χ1v) is 9.71. The van der Waals surface area contributed by atoms with Gasteiger partial charge in [-0.1, -0.05) is 48.0 Å². The van der Waals surface area contributed by atoms with E-state index < -0.39 is 5.97 Å². The Hall–Kier alpha value is -3.12. The summed E-state index contributed by atoms with van der Waals surface area (Å²) in [7, 11) is 0. The lowest BCUT2D eigenvalue weighted by Crippen LogP contribution is -2.36. The number of amides is 1. The molecular formula is C22H22ClN3O3. The van der Waals surface area contributed by atoms with Gasteiger partial charge in [0.25, 0.3) is 5.91 Å². The SMILES string of the molecule is C[C@@H](CCc1ccccc1)NC(=O)COC(=O)/C=C/c1c(Cl)nc2ccccn12. The minimum atomic E-state index is -0.626. The molecule has 1 aromatic carbocycles. The predicted molar refractivity (Wildman–Crippen MR) is 113 cm³/mol. The molecule has 3 rings (SSSR count). The number of hydrogen-bond donors (Lipinski definition) is 1. The zero-order valence-electron chi connectivity index (χ0n) is 16.0. The number of rotatable bonds is 8. The van der Waals surface area contributed by atoms with Gasteiger partial charge in [0.05, 0.1) is 5.69 Å². The standard InChI is InChI=1S/C22H22ClN3O3/c1-16(10-11-17-7-3-2-4-8-17)24-20(27)15-29-21(28)13-12-18-22(23)25-19-9-5-6-14-26(18)19/h2-9,12-14,16H,10-11,15H2,1H3,(H,24,27)/b13-12+/t16-/m0/s1. The number of esters is 1. The van der Waals surface area contributed by atoms with Crippen LogP contribution >= 0.6 is 11.6 Å². The van der Waals surface area contributed by atoms with E-state index in [1.54, 1.807) is 10.6 Å². The Morgan fingerprint density at radius 1 is 1.21 bits per heavy atom. The van der Waals surface area contributed by atoms with Crippen LogP contribution in [0, 0.1) is 0 Å². The summed E-state index contributed by atoms with van der Waals surface area (Å²) in [5.74, 6) is -0.959. The van der Waals surface area contributed by atoms with Crippen molar-refractivity contribution >= 4 is 35.2 Å². The van der Waals surface area contributed by atoms with Crippen LogP contribution < -0.4 is 5.32 Å². The van der Waals surface area contributed by atoms with Crippen LogP contribution in [0.3, 0.4) is 0 Å². The van der Waals surface area contributed by atoms with E-state index in [-0.39, 0.29) is 23.7 Å². The van der Waals surface area contributed by atoms with E-state index in [4.69, 9.17) is 16.3 Å². The normalized spacial score (nSPS) is 12.2. The van der Waals surface area contributed by atoms with Gasteiger partial charge in [0, 0.05) is 18.3 Å². The second-order valence-electron chi connectivity index (χ2n) is 6.65. The van der Waals surface area contributed by atoms with Gasteiger partial charge >= 0.3 is 5.97 Å². The average Bonchev–Trinajstić information content (AvgIpc) is 3.05. The average molecular weight is 412 g/mol. The summed E-state index contributed by atoms with van der Waals surface area (Å²) in [5.41, 5.74) is 2.46. The summed E-state index contributed by atoms with van der Waals surface area (Å²) in [4.78, 5) is 28.1. The number of aromatic nitrogens is 2. The maximum atomic E-state index is 12.0. The lowest BCUT2D eigenvalue weighted by atomic mass is 10.1. The fourth-order valence-corrected chi connectivity index (χ4v) is 3.12. The Balaban J connectivity index is 1.44. The molecule has 150 valence electrons. The van der Waals surface area contributed by atoms with E-state index in [2.05, 4.69) is 22.4 Å². The first-order chi connectivity index (χ1) is 14.0. The second kappa shape index (κ2) is 9.89. The lowest BCUT2D eigenvalue weighted by molar-refractivity contribution is -0.144. The van der Waals surface area contributed by atoms with Crippen LogP contribution in [0.1, 0.15) is 24.6 Å². The number of aryl methyl sites for hydroxylation is 1. The molecule has 0 radical (unpaired) electrons. The molecule has 1 amide bonds. The van der Waals surface area contributed by atoms with Crippen molar-refractivity contribution in [1.29, 1.82) is 0 Å². The Labute approximate surface area is 174 Å². The maximum absolute atomic E-state index is 12.0. The first kappa shape index (κ1) is 20.6. The van der Waals surface area contributed by atoms with Gasteiger partial charge in [0.15, 0.2) is 11.8 Å².